The van der Waals surface area contributed by atoms with Crippen LogP contribution in [0.25, 0.3) is 10.6 Å². The number of halogens is 2. The van der Waals surface area contributed by atoms with Gasteiger partial charge in [0, 0.05) is 30.7 Å². The minimum atomic E-state index is 0. The zero-order valence-corrected chi connectivity index (χ0v) is 13.8. The Kier molecular flexibility index (Phi) is 13.5. The van der Waals surface area contributed by atoms with Gasteiger partial charge in [0.25, 0.3) is 0 Å². The number of nitrogens with zero attached hydrogens (tertiary/aromatic N) is 2. The Hall–Kier alpha value is 0.914. The van der Waals surface area contributed by atoms with Gasteiger partial charge in [0.2, 0.25) is 0 Å². The second-order valence-corrected chi connectivity index (χ2v) is 4.71. The molecule has 4 nitrogen and oxygen atoms in total. The van der Waals surface area contributed by atoms with Crippen molar-refractivity contribution in [3.8, 4) is 0 Å². The standard InChI is InChI=1S/C12H22N2O2.2ClH.Ni/c1-15-9-3-5-13-11(7-9)12-8-10(16-2)4-6-14-12;;;/h9-12H,3-8H2,1-2H3;2*1H;/q-2;;;/p-2. The van der Waals surface area contributed by atoms with Crippen molar-refractivity contribution in [2.45, 2.75) is 50.0 Å². The first-order chi connectivity index (χ1) is 7.83. The van der Waals surface area contributed by atoms with Crippen LogP contribution in [-0.2, 0) is 26.0 Å². The van der Waals surface area contributed by atoms with Gasteiger partial charge in [-0.15, -0.1) is 13.1 Å². The molecule has 2 saturated heterocycles. The molecule has 0 bridgehead atoms. The van der Waals surface area contributed by atoms with Gasteiger partial charge >= 0.3 is 0 Å². The summed E-state index contributed by atoms with van der Waals surface area (Å²) in [6.45, 7) is 1.85. The minimum Gasteiger partial charge on any atom is -1.00 e. The van der Waals surface area contributed by atoms with Gasteiger partial charge in [-0.1, -0.05) is 0 Å². The van der Waals surface area contributed by atoms with Gasteiger partial charge in [-0.3, -0.25) is 0 Å². The third-order valence-corrected chi connectivity index (χ3v) is 3.75. The quantitative estimate of drug-likeness (QED) is 0.486. The Labute approximate surface area is 138 Å². The van der Waals surface area contributed by atoms with Crippen molar-refractivity contribution in [1.82, 2.24) is 0 Å². The molecule has 2 aliphatic heterocycles. The SMILES string of the molecule is COC1CC[N-]C(C2CC(OC)CC[N-]2)C1.[Cl-].[Cl-].[Ni]. The molecule has 0 aliphatic carbocycles. The molecular weight excluding hydrogens is 334 g/mol. The van der Waals surface area contributed by atoms with E-state index < -0.39 is 0 Å². The summed E-state index contributed by atoms with van der Waals surface area (Å²) in [6, 6.07) is 0.716. The molecule has 4 atom stereocenters. The van der Waals surface area contributed by atoms with Crippen LogP contribution in [0.2, 0.25) is 0 Å². The van der Waals surface area contributed by atoms with Crippen LogP contribution in [0.15, 0.2) is 0 Å². The number of methoxy groups -OCH3 is 2. The fourth-order valence-corrected chi connectivity index (χ4v) is 2.68. The molecule has 0 spiro atoms. The Morgan fingerprint density at radius 2 is 1.16 bits per heavy atom. The molecular formula is C12H22Cl2N2NiO2-4. The fraction of sp³-hybridized carbons (Fsp3) is 1.00. The van der Waals surface area contributed by atoms with E-state index in [0.717, 1.165) is 38.8 Å². The molecule has 120 valence electrons. The average molecular weight is 356 g/mol. The summed E-state index contributed by atoms with van der Waals surface area (Å²) >= 11 is 0. The first-order valence-electron chi connectivity index (χ1n) is 6.22. The van der Waals surface area contributed by atoms with Gasteiger partial charge in [-0.25, -0.2) is 0 Å². The molecule has 0 amide bonds. The second kappa shape index (κ2) is 11.6. The summed E-state index contributed by atoms with van der Waals surface area (Å²) in [6.07, 6.45) is 4.93. The van der Waals surface area contributed by atoms with Gasteiger partial charge in [0.15, 0.2) is 0 Å². The van der Waals surface area contributed by atoms with E-state index >= 15 is 0 Å². The maximum Gasteiger partial charge on any atom is 0.0540 e. The van der Waals surface area contributed by atoms with E-state index in [4.69, 9.17) is 20.1 Å². The van der Waals surface area contributed by atoms with Crippen LogP contribution in [-0.4, -0.2) is 51.6 Å². The molecule has 0 aromatic heterocycles. The van der Waals surface area contributed by atoms with Crippen molar-refractivity contribution in [3.05, 3.63) is 10.6 Å². The van der Waals surface area contributed by atoms with E-state index in [1.54, 1.807) is 14.2 Å². The molecule has 2 fully saturated rings. The Morgan fingerprint density at radius 1 is 0.789 bits per heavy atom. The summed E-state index contributed by atoms with van der Waals surface area (Å²) in [4.78, 5) is 0. The molecule has 0 saturated carbocycles. The molecule has 0 aromatic carbocycles. The molecule has 2 aliphatic rings. The largest absolute Gasteiger partial charge is 1.00 e. The third kappa shape index (κ3) is 6.47. The maximum absolute atomic E-state index is 5.43. The summed E-state index contributed by atoms with van der Waals surface area (Å²) < 4.78 is 10.9. The van der Waals surface area contributed by atoms with Crippen LogP contribution >= 0.6 is 0 Å². The van der Waals surface area contributed by atoms with Crippen LogP contribution < -0.4 is 24.8 Å². The number of rotatable bonds is 3. The van der Waals surface area contributed by atoms with E-state index in [-0.39, 0.29) is 41.3 Å². The molecule has 0 N–H and O–H groups in total. The van der Waals surface area contributed by atoms with E-state index in [2.05, 4.69) is 0 Å². The van der Waals surface area contributed by atoms with E-state index in [1.165, 1.54) is 0 Å². The minimum absolute atomic E-state index is 0. The zero-order valence-electron chi connectivity index (χ0n) is 11.3. The van der Waals surface area contributed by atoms with Crippen LogP contribution in [0.3, 0.4) is 0 Å². The topological polar surface area (TPSA) is 46.7 Å². The van der Waals surface area contributed by atoms with Crippen molar-refractivity contribution in [1.29, 1.82) is 0 Å². The molecule has 19 heavy (non-hydrogen) atoms. The molecule has 0 radical (unpaired) electrons. The number of piperidine rings is 2. The van der Waals surface area contributed by atoms with Gasteiger partial charge in [0.05, 0.1) is 12.2 Å². The van der Waals surface area contributed by atoms with E-state index in [9.17, 15) is 0 Å². The molecule has 2 rings (SSSR count). The van der Waals surface area contributed by atoms with Crippen LogP contribution in [0.5, 0.6) is 0 Å². The second-order valence-electron chi connectivity index (χ2n) is 4.71. The predicted octanol–water partition coefficient (Wildman–Crippen LogP) is -3.91. The third-order valence-electron chi connectivity index (χ3n) is 3.75. The van der Waals surface area contributed by atoms with Crippen molar-refractivity contribution in [2.24, 2.45) is 0 Å². The van der Waals surface area contributed by atoms with Crippen LogP contribution in [0, 0.1) is 0 Å². The van der Waals surface area contributed by atoms with Gasteiger partial charge < -0.3 is 44.9 Å². The monoisotopic (exact) mass is 354 g/mol. The Balaban J connectivity index is 0. The maximum atomic E-state index is 5.43. The van der Waals surface area contributed by atoms with Gasteiger partial charge in [-0.2, -0.15) is 12.1 Å². The summed E-state index contributed by atoms with van der Waals surface area (Å²) in [5.41, 5.74) is 0. The first-order valence-corrected chi connectivity index (χ1v) is 6.22. The summed E-state index contributed by atoms with van der Waals surface area (Å²) in [7, 11) is 3.59. The summed E-state index contributed by atoms with van der Waals surface area (Å²) in [5, 5.41) is 9.38. The van der Waals surface area contributed by atoms with Crippen LogP contribution in [0.4, 0.5) is 0 Å². The summed E-state index contributed by atoms with van der Waals surface area (Å²) in [5.74, 6) is 0. The van der Waals surface area contributed by atoms with Gasteiger partial charge in [0.1, 0.15) is 0 Å². The number of hydrogen-bond acceptors (Lipinski definition) is 2. The van der Waals surface area contributed by atoms with E-state index in [1.807, 2.05) is 0 Å². The average Bonchev–Trinajstić information content (AvgIpc) is 2.39. The smallest absolute Gasteiger partial charge is 0.0540 e. The van der Waals surface area contributed by atoms with Crippen molar-refractivity contribution >= 4 is 0 Å². The predicted molar refractivity (Wildman–Crippen MR) is 64.1 cm³/mol. The molecule has 0 aromatic rings. The normalized spacial score (nSPS) is 34.4. The van der Waals surface area contributed by atoms with Crippen molar-refractivity contribution < 1.29 is 50.8 Å². The number of ether oxygens (including phenoxy) is 2. The first kappa shape index (κ1) is 22.2. The number of hydrogen-bond donors (Lipinski definition) is 0. The fourth-order valence-electron chi connectivity index (χ4n) is 2.68. The Morgan fingerprint density at radius 3 is 1.47 bits per heavy atom. The zero-order chi connectivity index (χ0) is 11.4. The molecule has 4 unspecified atom stereocenters. The van der Waals surface area contributed by atoms with Crippen LogP contribution in [0.1, 0.15) is 25.7 Å². The van der Waals surface area contributed by atoms with Crippen molar-refractivity contribution in [3.63, 3.8) is 0 Å². The molecule has 7 heteroatoms. The molecule has 2 heterocycles. The van der Waals surface area contributed by atoms with E-state index in [0.29, 0.717) is 24.3 Å². The van der Waals surface area contributed by atoms with Crippen molar-refractivity contribution in [2.75, 3.05) is 27.3 Å². The Bertz CT molecular complexity index is 206. The van der Waals surface area contributed by atoms with Gasteiger partial charge in [-0.05, 0) is 25.7 Å².